The van der Waals surface area contributed by atoms with Crippen LogP contribution in [0.25, 0.3) is 0 Å². The van der Waals surface area contributed by atoms with Crippen molar-refractivity contribution in [2.75, 3.05) is 13.1 Å². The van der Waals surface area contributed by atoms with Crippen LogP contribution in [0.1, 0.15) is 31.9 Å². The van der Waals surface area contributed by atoms with Gasteiger partial charge in [0.15, 0.2) is 5.71 Å². The normalized spacial score (nSPS) is 15.7. The highest BCUT2D eigenvalue weighted by Crippen LogP contribution is 2.15. The van der Waals surface area contributed by atoms with Crippen LogP contribution in [0.4, 0.5) is 0 Å². The Morgan fingerprint density at radius 3 is 2.73 bits per heavy atom. The van der Waals surface area contributed by atoms with Crippen molar-refractivity contribution < 1.29 is 4.58 Å². The molecule has 1 heterocycles. The molecular weight excluding hydrogens is 182 g/mol. The van der Waals surface area contributed by atoms with Gasteiger partial charge in [0.05, 0.1) is 0 Å². The van der Waals surface area contributed by atoms with Gasteiger partial charge in [0.2, 0.25) is 0 Å². The summed E-state index contributed by atoms with van der Waals surface area (Å²) in [6, 6.07) is 8.79. The predicted molar refractivity (Wildman–Crippen MR) is 64.8 cm³/mol. The van der Waals surface area contributed by atoms with Crippen LogP contribution >= 0.6 is 0 Å². The van der Waals surface area contributed by atoms with Crippen LogP contribution in [0.15, 0.2) is 24.3 Å². The minimum Gasteiger partial charge on any atom is -0.233 e. The fourth-order valence-corrected chi connectivity index (χ4v) is 2.35. The summed E-state index contributed by atoms with van der Waals surface area (Å²) in [6.07, 6.45) is 1.19. The van der Waals surface area contributed by atoms with Gasteiger partial charge in [0.25, 0.3) is 0 Å². The van der Waals surface area contributed by atoms with Crippen molar-refractivity contribution in [3.05, 3.63) is 35.4 Å². The number of hydrogen-bond donors (Lipinski definition) is 0. The molecule has 1 aromatic carbocycles. The largest absolute Gasteiger partial charge is 0.233 e. The zero-order valence-electron chi connectivity index (χ0n) is 9.96. The van der Waals surface area contributed by atoms with E-state index in [2.05, 4.69) is 49.6 Å². The Kier molecular flexibility index (Phi) is 2.90. The molecule has 0 N–H and O–H groups in total. The summed E-state index contributed by atoms with van der Waals surface area (Å²) < 4.78 is 2.52. The minimum absolute atomic E-state index is 0.741. The molecule has 0 amide bonds. The van der Waals surface area contributed by atoms with Gasteiger partial charge in [0, 0.05) is 24.8 Å². The lowest BCUT2D eigenvalue weighted by atomic mass is 9.97. The number of fused-ring (bicyclic) bond motifs is 1. The number of hydrogen-bond acceptors (Lipinski definition) is 0. The SMILES string of the molecule is CC1=[N+](CC(C)C)CCc2ccccc21. The third kappa shape index (κ3) is 2.11. The molecule has 0 radical (unpaired) electrons. The molecule has 0 bridgehead atoms. The zero-order valence-corrected chi connectivity index (χ0v) is 9.96. The molecule has 1 aliphatic heterocycles. The van der Waals surface area contributed by atoms with E-state index in [1.807, 2.05) is 0 Å². The summed E-state index contributed by atoms with van der Waals surface area (Å²) in [5.74, 6) is 0.741. The maximum Gasteiger partial charge on any atom is 0.180 e. The average molecular weight is 202 g/mol. The fourth-order valence-electron chi connectivity index (χ4n) is 2.35. The molecular formula is C14H20N+. The molecule has 0 saturated carbocycles. The Morgan fingerprint density at radius 1 is 1.27 bits per heavy atom. The quantitative estimate of drug-likeness (QED) is 0.649. The van der Waals surface area contributed by atoms with Gasteiger partial charge in [-0.15, -0.1) is 0 Å². The van der Waals surface area contributed by atoms with Crippen LogP contribution in [-0.2, 0) is 6.42 Å². The first-order chi connectivity index (χ1) is 7.18. The molecule has 1 aromatic rings. The first-order valence-electron chi connectivity index (χ1n) is 5.85. The van der Waals surface area contributed by atoms with Crippen molar-refractivity contribution in [3.63, 3.8) is 0 Å². The van der Waals surface area contributed by atoms with Gasteiger partial charge in [-0.1, -0.05) is 32.0 Å². The van der Waals surface area contributed by atoms with Crippen LogP contribution in [0.5, 0.6) is 0 Å². The zero-order chi connectivity index (χ0) is 10.8. The summed E-state index contributed by atoms with van der Waals surface area (Å²) in [7, 11) is 0. The first kappa shape index (κ1) is 10.4. The van der Waals surface area contributed by atoms with Crippen LogP contribution in [0.2, 0.25) is 0 Å². The summed E-state index contributed by atoms with van der Waals surface area (Å²) in [5.41, 5.74) is 4.41. The molecule has 0 atom stereocenters. The lowest BCUT2D eigenvalue weighted by Crippen LogP contribution is -2.30. The second kappa shape index (κ2) is 4.18. The maximum absolute atomic E-state index is 2.52. The summed E-state index contributed by atoms with van der Waals surface area (Å²) in [5, 5.41) is 0. The van der Waals surface area contributed by atoms with Gasteiger partial charge in [0.1, 0.15) is 13.1 Å². The summed E-state index contributed by atoms with van der Waals surface area (Å²) in [6.45, 7) is 9.18. The fraction of sp³-hybridized carbons (Fsp3) is 0.500. The van der Waals surface area contributed by atoms with E-state index in [1.54, 1.807) is 0 Å². The maximum atomic E-state index is 2.52. The van der Waals surface area contributed by atoms with Crippen LogP contribution < -0.4 is 0 Å². The predicted octanol–water partition coefficient (Wildman–Crippen LogP) is 2.72. The highest BCUT2D eigenvalue weighted by Gasteiger charge is 2.21. The highest BCUT2D eigenvalue weighted by molar-refractivity contribution is 5.96. The molecule has 0 unspecified atom stereocenters. The van der Waals surface area contributed by atoms with Crippen molar-refractivity contribution in [1.29, 1.82) is 0 Å². The van der Waals surface area contributed by atoms with Gasteiger partial charge >= 0.3 is 0 Å². The Hall–Kier alpha value is -1.11. The third-order valence-corrected chi connectivity index (χ3v) is 3.12. The molecule has 15 heavy (non-hydrogen) atoms. The monoisotopic (exact) mass is 202 g/mol. The molecule has 2 rings (SSSR count). The van der Waals surface area contributed by atoms with Crippen LogP contribution in [-0.4, -0.2) is 23.4 Å². The van der Waals surface area contributed by atoms with Crippen molar-refractivity contribution >= 4 is 5.71 Å². The van der Waals surface area contributed by atoms with E-state index in [4.69, 9.17) is 0 Å². The van der Waals surface area contributed by atoms with Gasteiger partial charge in [-0.05, 0) is 11.6 Å². The smallest absolute Gasteiger partial charge is 0.180 e. The molecule has 0 aliphatic carbocycles. The van der Waals surface area contributed by atoms with Gasteiger partial charge in [-0.25, -0.2) is 4.58 Å². The van der Waals surface area contributed by atoms with E-state index >= 15 is 0 Å². The molecule has 1 aliphatic rings. The highest BCUT2D eigenvalue weighted by atomic mass is 15.0. The lowest BCUT2D eigenvalue weighted by molar-refractivity contribution is -0.534. The van der Waals surface area contributed by atoms with E-state index in [0.29, 0.717) is 0 Å². The van der Waals surface area contributed by atoms with Crippen molar-refractivity contribution in [1.82, 2.24) is 0 Å². The van der Waals surface area contributed by atoms with E-state index in [-0.39, 0.29) is 0 Å². The summed E-state index contributed by atoms with van der Waals surface area (Å²) >= 11 is 0. The first-order valence-corrected chi connectivity index (χ1v) is 5.85. The third-order valence-electron chi connectivity index (χ3n) is 3.12. The van der Waals surface area contributed by atoms with Gasteiger partial charge < -0.3 is 0 Å². The van der Waals surface area contributed by atoms with Gasteiger partial charge in [-0.3, -0.25) is 0 Å². The average Bonchev–Trinajstić information content (AvgIpc) is 2.22. The van der Waals surface area contributed by atoms with Crippen LogP contribution in [0, 0.1) is 5.92 Å². The lowest BCUT2D eigenvalue weighted by Gasteiger charge is -2.17. The Bertz CT molecular complexity index is 388. The van der Waals surface area contributed by atoms with E-state index in [0.717, 1.165) is 5.92 Å². The number of benzene rings is 1. The second-order valence-corrected chi connectivity index (χ2v) is 4.83. The van der Waals surface area contributed by atoms with Crippen molar-refractivity contribution in [3.8, 4) is 0 Å². The Balaban J connectivity index is 2.36. The van der Waals surface area contributed by atoms with Crippen LogP contribution in [0.3, 0.4) is 0 Å². The van der Waals surface area contributed by atoms with E-state index in [1.165, 1.54) is 36.3 Å². The molecule has 80 valence electrons. The Labute approximate surface area is 92.5 Å². The number of nitrogens with zero attached hydrogens (tertiary/aromatic N) is 1. The topological polar surface area (TPSA) is 3.01 Å². The number of rotatable bonds is 2. The summed E-state index contributed by atoms with van der Waals surface area (Å²) in [4.78, 5) is 0. The Morgan fingerprint density at radius 2 is 2.00 bits per heavy atom. The van der Waals surface area contributed by atoms with E-state index < -0.39 is 0 Å². The van der Waals surface area contributed by atoms with Crippen molar-refractivity contribution in [2.45, 2.75) is 27.2 Å². The molecule has 1 nitrogen and oxygen atoms in total. The van der Waals surface area contributed by atoms with Crippen molar-refractivity contribution in [2.24, 2.45) is 5.92 Å². The molecule has 1 heteroatoms. The minimum atomic E-state index is 0.741. The molecule has 0 spiro atoms. The molecule has 0 saturated heterocycles. The van der Waals surface area contributed by atoms with Gasteiger partial charge in [-0.2, -0.15) is 0 Å². The molecule has 0 aromatic heterocycles. The second-order valence-electron chi connectivity index (χ2n) is 4.83. The standard InChI is InChI=1S/C14H20N/c1-11(2)10-15-9-8-13-6-4-5-7-14(13)12(15)3/h4-7,11H,8-10H2,1-3H3/q+1. The van der Waals surface area contributed by atoms with E-state index in [9.17, 15) is 0 Å². The molecule has 0 fully saturated rings.